The van der Waals surface area contributed by atoms with Crippen LogP contribution in [0.4, 0.5) is 4.39 Å². The van der Waals surface area contributed by atoms with Gasteiger partial charge in [0.2, 0.25) is 0 Å². The second-order valence-electron chi connectivity index (χ2n) is 3.04. The molecule has 0 spiro atoms. The third-order valence-corrected chi connectivity index (χ3v) is 2.14. The Morgan fingerprint density at radius 3 is 2.71 bits per heavy atom. The molecule has 0 saturated carbocycles. The summed E-state index contributed by atoms with van der Waals surface area (Å²) in [6.45, 7) is 1.16. The van der Waals surface area contributed by atoms with Crippen molar-refractivity contribution in [1.29, 1.82) is 0 Å². The van der Waals surface area contributed by atoms with Gasteiger partial charge in [-0.15, -0.1) is 0 Å². The average Bonchev–Trinajstić information content (AvgIpc) is 2.18. The SMILES string of the molecule is COc1ccc(Cl)cc1C(C)(F)C=O. The molecule has 0 fully saturated rings. The number of hydrogen-bond acceptors (Lipinski definition) is 2. The standard InChI is InChI=1S/C10H10ClFO2/c1-10(12,6-13)8-5-7(11)3-4-9(8)14-2/h3-6H,1-2H3. The number of benzene rings is 1. The van der Waals surface area contributed by atoms with Gasteiger partial charge < -0.3 is 4.74 Å². The maximum absolute atomic E-state index is 13.7. The van der Waals surface area contributed by atoms with Crippen LogP contribution in [0.5, 0.6) is 5.75 Å². The van der Waals surface area contributed by atoms with E-state index in [1.807, 2.05) is 0 Å². The number of alkyl halides is 1. The first kappa shape index (κ1) is 11.0. The van der Waals surface area contributed by atoms with E-state index in [0.29, 0.717) is 10.8 Å². The molecule has 0 radical (unpaired) electrons. The molecule has 0 bridgehead atoms. The van der Waals surface area contributed by atoms with E-state index in [0.717, 1.165) is 6.92 Å². The van der Waals surface area contributed by atoms with Crippen LogP contribution >= 0.6 is 11.6 Å². The summed E-state index contributed by atoms with van der Waals surface area (Å²) >= 11 is 5.70. The normalized spacial score (nSPS) is 14.6. The second kappa shape index (κ2) is 3.96. The van der Waals surface area contributed by atoms with Crippen molar-refractivity contribution in [2.24, 2.45) is 0 Å². The number of ether oxygens (including phenoxy) is 1. The molecule has 2 nitrogen and oxygen atoms in total. The minimum atomic E-state index is -2.07. The van der Waals surface area contributed by atoms with Crippen LogP contribution in [0, 0.1) is 0 Å². The maximum Gasteiger partial charge on any atom is 0.191 e. The number of methoxy groups -OCH3 is 1. The van der Waals surface area contributed by atoms with Gasteiger partial charge in [-0.1, -0.05) is 11.6 Å². The Hall–Kier alpha value is -1.09. The van der Waals surface area contributed by atoms with Crippen molar-refractivity contribution in [3.8, 4) is 5.75 Å². The predicted octanol–water partition coefficient (Wildman–Crippen LogP) is 2.73. The van der Waals surface area contributed by atoms with Crippen molar-refractivity contribution in [2.45, 2.75) is 12.6 Å². The Morgan fingerprint density at radius 1 is 1.57 bits per heavy atom. The average molecular weight is 217 g/mol. The van der Waals surface area contributed by atoms with E-state index in [9.17, 15) is 9.18 Å². The topological polar surface area (TPSA) is 26.3 Å². The molecule has 0 aliphatic rings. The van der Waals surface area contributed by atoms with Crippen LogP contribution in [-0.4, -0.2) is 13.4 Å². The van der Waals surface area contributed by atoms with Gasteiger partial charge >= 0.3 is 0 Å². The summed E-state index contributed by atoms with van der Waals surface area (Å²) in [4.78, 5) is 10.5. The zero-order valence-corrected chi connectivity index (χ0v) is 8.64. The predicted molar refractivity (Wildman–Crippen MR) is 52.5 cm³/mol. The van der Waals surface area contributed by atoms with Crippen LogP contribution < -0.4 is 4.74 Å². The fourth-order valence-electron chi connectivity index (χ4n) is 1.13. The van der Waals surface area contributed by atoms with Crippen molar-refractivity contribution in [2.75, 3.05) is 7.11 Å². The van der Waals surface area contributed by atoms with E-state index in [-0.39, 0.29) is 11.8 Å². The van der Waals surface area contributed by atoms with Gasteiger partial charge in [-0.3, -0.25) is 4.79 Å². The fourth-order valence-corrected chi connectivity index (χ4v) is 1.30. The molecule has 0 aliphatic heterocycles. The smallest absolute Gasteiger partial charge is 0.191 e. The molecule has 0 aromatic heterocycles. The molecule has 0 amide bonds. The van der Waals surface area contributed by atoms with Crippen molar-refractivity contribution >= 4 is 17.9 Å². The largest absolute Gasteiger partial charge is 0.496 e. The highest BCUT2D eigenvalue weighted by atomic mass is 35.5. The summed E-state index contributed by atoms with van der Waals surface area (Å²) in [7, 11) is 1.41. The third-order valence-electron chi connectivity index (χ3n) is 1.91. The lowest BCUT2D eigenvalue weighted by Crippen LogP contribution is -2.17. The molecule has 0 saturated heterocycles. The van der Waals surface area contributed by atoms with Crippen molar-refractivity contribution < 1.29 is 13.9 Å². The first-order valence-corrected chi connectivity index (χ1v) is 4.38. The molecular weight excluding hydrogens is 207 g/mol. The number of aldehydes is 1. The van der Waals surface area contributed by atoms with Crippen molar-refractivity contribution in [3.63, 3.8) is 0 Å². The molecule has 0 aliphatic carbocycles. The monoisotopic (exact) mass is 216 g/mol. The first-order chi connectivity index (χ1) is 6.51. The Bertz CT molecular complexity index is 350. The van der Waals surface area contributed by atoms with Crippen LogP contribution in [0.25, 0.3) is 0 Å². The number of halogens is 2. The van der Waals surface area contributed by atoms with E-state index in [1.165, 1.54) is 19.2 Å². The molecule has 4 heteroatoms. The summed E-state index contributed by atoms with van der Waals surface area (Å²) in [5.41, 5.74) is -1.93. The summed E-state index contributed by atoms with van der Waals surface area (Å²) in [6.07, 6.45) is 0.223. The van der Waals surface area contributed by atoms with Gasteiger partial charge in [0, 0.05) is 10.6 Å². The van der Waals surface area contributed by atoms with Gasteiger partial charge in [-0.05, 0) is 25.1 Å². The van der Waals surface area contributed by atoms with Gasteiger partial charge in [0.25, 0.3) is 0 Å². The molecule has 76 valence electrons. The first-order valence-electron chi connectivity index (χ1n) is 4.00. The summed E-state index contributed by atoms with van der Waals surface area (Å²) in [6, 6.07) is 4.48. The maximum atomic E-state index is 13.7. The Kier molecular flexibility index (Phi) is 3.11. The van der Waals surface area contributed by atoms with Gasteiger partial charge in [-0.2, -0.15) is 0 Å². The van der Waals surface area contributed by atoms with E-state index in [1.54, 1.807) is 6.07 Å². The van der Waals surface area contributed by atoms with E-state index >= 15 is 0 Å². The highest BCUT2D eigenvalue weighted by Gasteiger charge is 2.28. The van der Waals surface area contributed by atoms with E-state index in [2.05, 4.69) is 0 Å². The summed E-state index contributed by atoms with van der Waals surface area (Å²) in [5, 5.41) is 0.367. The van der Waals surface area contributed by atoms with E-state index in [4.69, 9.17) is 16.3 Å². The Balaban J connectivity index is 3.30. The second-order valence-corrected chi connectivity index (χ2v) is 3.47. The highest BCUT2D eigenvalue weighted by molar-refractivity contribution is 6.30. The fraction of sp³-hybridized carbons (Fsp3) is 0.300. The quantitative estimate of drug-likeness (QED) is 0.727. The number of carbonyl (C=O) groups is 1. The molecule has 1 atom stereocenters. The molecule has 1 unspecified atom stereocenters. The highest BCUT2D eigenvalue weighted by Crippen LogP contribution is 2.33. The molecule has 1 aromatic rings. The number of rotatable bonds is 3. The van der Waals surface area contributed by atoms with Crippen LogP contribution in [0.15, 0.2) is 18.2 Å². The molecule has 0 N–H and O–H groups in total. The van der Waals surface area contributed by atoms with Gasteiger partial charge in [0.1, 0.15) is 5.75 Å². The Labute approximate surface area is 86.6 Å². The molecule has 0 heterocycles. The minimum absolute atomic E-state index is 0.141. The van der Waals surface area contributed by atoms with Crippen LogP contribution in [-0.2, 0) is 10.5 Å². The summed E-state index contributed by atoms with van der Waals surface area (Å²) in [5.74, 6) is 0.312. The zero-order valence-electron chi connectivity index (χ0n) is 7.88. The van der Waals surface area contributed by atoms with Crippen LogP contribution in [0.3, 0.4) is 0 Å². The Morgan fingerprint density at radius 2 is 2.21 bits per heavy atom. The van der Waals surface area contributed by atoms with Gasteiger partial charge in [0.15, 0.2) is 12.0 Å². The minimum Gasteiger partial charge on any atom is -0.496 e. The third kappa shape index (κ3) is 2.04. The number of carbonyl (C=O) groups excluding carboxylic acids is 1. The zero-order chi connectivity index (χ0) is 10.8. The lowest BCUT2D eigenvalue weighted by atomic mass is 9.98. The van der Waals surface area contributed by atoms with Crippen LogP contribution in [0.2, 0.25) is 5.02 Å². The van der Waals surface area contributed by atoms with Gasteiger partial charge in [-0.25, -0.2) is 4.39 Å². The molecule has 14 heavy (non-hydrogen) atoms. The lowest BCUT2D eigenvalue weighted by molar-refractivity contribution is -0.117. The van der Waals surface area contributed by atoms with Crippen molar-refractivity contribution in [3.05, 3.63) is 28.8 Å². The number of hydrogen-bond donors (Lipinski definition) is 0. The summed E-state index contributed by atoms with van der Waals surface area (Å²) < 4.78 is 18.6. The van der Waals surface area contributed by atoms with Gasteiger partial charge in [0.05, 0.1) is 7.11 Å². The molecule has 1 aromatic carbocycles. The van der Waals surface area contributed by atoms with Crippen LogP contribution in [0.1, 0.15) is 12.5 Å². The van der Waals surface area contributed by atoms with Crippen molar-refractivity contribution in [1.82, 2.24) is 0 Å². The molecular formula is C10H10ClFO2. The van der Waals surface area contributed by atoms with E-state index < -0.39 is 5.67 Å². The lowest BCUT2D eigenvalue weighted by Gasteiger charge is -2.16. The molecule has 1 rings (SSSR count).